The summed E-state index contributed by atoms with van der Waals surface area (Å²) in [6, 6.07) is 0. The zero-order valence-electron chi connectivity index (χ0n) is 10.9. The Morgan fingerprint density at radius 2 is 1.95 bits per heavy atom. The molecule has 0 aliphatic carbocycles. The maximum Gasteiger partial charge on any atom is 0.396 e. The second kappa shape index (κ2) is 4.97. The Hall–Kier alpha value is -2.20. The van der Waals surface area contributed by atoms with Crippen molar-refractivity contribution < 1.29 is 4.92 Å². The summed E-state index contributed by atoms with van der Waals surface area (Å²) in [4.78, 5) is 26.6. The molecule has 108 valence electrons. The quantitative estimate of drug-likeness (QED) is 0.313. The zero-order valence-corrected chi connectivity index (χ0v) is 12.5. The summed E-state index contributed by atoms with van der Waals surface area (Å²) in [7, 11) is 3.44. The largest absolute Gasteiger partial charge is 0.396 e. The van der Waals surface area contributed by atoms with E-state index in [-0.39, 0.29) is 16.1 Å². The number of nitrogens with zero attached hydrogens (tertiary/aromatic N) is 7. The van der Waals surface area contributed by atoms with Gasteiger partial charge in [0, 0.05) is 14.1 Å². The van der Waals surface area contributed by atoms with Gasteiger partial charge in [0.25, 0.3) is 0 Å². The molecule has 0 aliphatic heterocycles. The molecular weight excluding hydrogens is 318 g/mol. The molecule has 11 heteroatoms. The van der Waals surface area contributed by atoms with Gasteiger partial charge in [-0.2, -0.15) is 0 Å². The number of hydrogen-bond acceptors (Lipinski definition) is 7. The van der Waals surface area contributed by atoms with Gasteiger partial charge in [0.2, 0.25) is 6.33 Å². The van der Waals surface area contributed by atoms with E-state index in [9.17, 15) is 10.1 Å². The van der Waals surface area contributed by atoms with Crippen molar-refractivity contribution in [2.75, 3.05) is 0 Å². The Balaban J connectivity index is 2.06. The van der Waals surface area contributed by atoms with Crippen LogP contribution in [0.2, 0.25) is 5.15 Å². The molecule has 0 radical (unpaired) electrons. The van der Waals surface area contributed by atoms with Crippen molar-refractivity contribution in [1.82, 2.24) is 29.1 Å². The van der Waals surface area contributed by atoms with Crippen molar-refractivity contribution in [1.29, 1.82) is 0 Å². The molecule has 0 fully saturated rings. The highest BCUT2D eigenvalue weighted by Gasteiger charge is 2.23. The van der Waals surface area contributed by atoms with Crippen molar-refractivity contribution in [2.45, 2.75) is 10.2 Å². The highest BCUT2D eigenvalue weighted by atomic mass is 35.5. The van der Waals surface area contributed by atoms with Crippen LogP contribution in [0, 0.1) is 10.1 Å². The molecule has 3 aromatic rings. The van der Waals surface area contributed by atoms with E-state index in [2.05, 4.69) is 19.9 Å². The van der Waals surface area contributed by atoms with Crippen molar-refractivity contribution in [2.24, 2.45) is 14.1 Å². The van der Waals surface area contributed by atoms with Crippen LogP contribution in [0.25, 0.3) is 11.2 Å². The van der Waals surface area contributed by atoms with E-state index in [0.29, 0.717) is 16.2 Å². The minimum absolute atomic E-state index is 0.243. The maximum atomic E-state index is 10.9. The van der Waals surface area contributed by atoms with Crippen LogP contribution in [0.1, 0.15) is 0 Å². The van der Waals surface area contributed by atoms with E-state index >= 15 is 0 Å². The molecule has 0 saturated heterocycles. The van der Waals surface area contributed by atoms with E-state index in [1.165, 1.54) is 10.9 Å². The monoisotopic (exact) mass is 325 g/mol. The Morgan fingerprint density at radius 3 is 2.67 bits per heavy atom. The molecule has 0 bridgehead atoms. The summed E-state index contributed by atoms with van der Waals surface area (Å²) in [5.74, 6) is -0.247. The van der Waals surface area contributed by atoms with Crippen LogP contribution < -0.4 is 0 Å². The van der Waals surface area contributed by atoms with Gasteiger partial charge in [0.15, 0.2) is 21.0 Å². The minimum Gasteiger partial charge on any atom is -0.358 e. The Morgan fingerprint density at radius 1 is 1.24 bits per heavy atom. The number of hydrogen-bond donors (Lipinski definition) is 0. The summed E-state index contributed by atoms with van der Waals surface area (Å²) < 4.78 is 3.24. The first-order valence-corrected chi connectivity index (χ1v) is 6.85. The number of aryl methyl sites for hydroxylation is 2. The van der Waals surface area contributed by atoms with Crippen LogP contribution in [-0.2, 0) is 14.1 Å². The smallest absolute Gasteiger partial charge is 0.358 e. The Labute approximate surface area is 127 Å². The number of fused-ring (bicyclic) bond motifs is 1. The molecule has 0 aliphatic rings. The van der Waals surface area contributed by atoms with E-state index in [1.54, 1.807) is 25.0 Å². The van der Waals surface area contributed by atoms with Crippen molar-refractivity contribution in [3.8, 4) is 0 Å². The summed E-state index contributed by atoms with van der Waals surface area (Å²) in [6.45, 7) is 0. The SMILES string of the molecule is Cn1cnc([N+](=O)[O-])c1Sc1nc(Cl)c2c(ncn2C)n1. The first-order chi connectivity index (χ1) is 9.97. The molecule has 0 spiro atoms. The third-order valence-corrected chi connectivity index (χ3v) is 4.03. The van der Waals surface area contributed by atoms with Gasteiger partial charge >= 0.3 is 5.82 Å². The van der Waals surface area contributed by atoms with Crippen molar-refractivity contribution in [3.05, 3.63) is 27.9 Å². The summed E-state index contributed by atoms with van der Waals surface area (Å²) in [6.07, 6.45) is 2.94. The second-order valence-corrected chi connectivity index (χ2v) is 5.48. The highest BCUT2D eigenvalue weighted by molar-refractivity contribution is 7.99. The van der Waals surface area contributed by atoms with E-state index in [0.717, 1.165) is 11.8 Å². The molecule has 9 nitrogen and oxygen atoms in total. The molecule has 0 amide bonds. The third-order valence-electron chi connectivity index (χ3n) is 2.73. The van der Waals surface area contributed by atoms with Gasteiger partial charge < -0.3 is 19.2 Å². The number of imidazole rings is 2. The third kappa shape index (κ3) is 2.32. The first kappa shape index (κ1) is 13.8. The van der Waals surface area contributed by atoms with Gasteiger partial charge in [-0.15, -0.1) is 0 Å². The van der Waals surface area contributed by atoms with Crippen LogP contribution in [0.5, 0.6) is 0 Å². The lowest BCUT2D eigenvalue weighted by molar-refractivity contribution is -0.392. The predicted molar refractivity (Wildman–Crippen MR) is 75.3 cm³/mol. The maximum absolute atomic E-state index is 10.9. The fourth-order valence-electron chi connectivity index (χ4n) is 1.77. The number of nitro groups is 1. The molecule has 0 saturated carbocycles. The van der Waals surface area contributed by atoms with E-state index in [4.69, 9.17) is 11.6 Å². The van der Waals surface area contributed by atoms with Gasteiger partial charge in [-0.25, -0.2) is 15.0 Å². The molecule has 0 atom stereocenters. The molecule has 3 rings (SSSR count). The fraction of sp³-hybridized carbons (Fsp3) is 0.200. The molecule has 3 aromatic heterocycles. The molecule has 0 aromatic carbocycles. The van der Waals surface area contributed by atoms with Gasteiger partial charge in [-0.05, 0) is 21.7 Å². The van der Waals surface area contributed by atoms with E-state index < -0.39 is 4.92 Å². The number of aromatic nitrogens is 6. The lowest BCUT2D eigenvalue weighted by Crippen LogP contribution is -1.97. The Bertz CT molecular complexity index is 859. The topological polar surface area (TPSA) is 105 Å². The molecule has 0 unspecified atom stereocenters. The van der Waals surface area contributed by atoms with Crippen LogP contribution in [0.15, 0.2) is 22.8 Å². The average molecular weight is 326 g/mol. The molecule has 21 heavy (non-hydrogen) atoms. The van der Waals surface area contributed by atoms with Crippen molar-refractivity contribution in [3.63, 3.8) is 0 Å². The molecule has 0 N–H and O–H groups in total. The predicted octanol–water partition coefficient (Wildman–Crippen LogP) is 1.81. The van der Waals surface area contributed by atoms with Crippen LogP contribution in [0.3, 0.4) is 0 Å². The Kier molecular flexibility index (Phi) is 3.26. The van der Waals surface area contributed by atoms with Gasteiger partial charge in [0.1, 0.15) is 5.52 Å². The lowest BCUT2D eigenvalue weighted by atomic mass is 10.5. The first-order valence-electron chi connectivity index (χ1n) is 5.65. The normalized spacial score (nSPS) is 11.2. The number of rotatable bonds is 3. The summed E-state index contributed by atoms with van der Waals surface area (Å²) >= 11 is 7.13. The molecular formula is C10H8ClN7O2S. The van der Waals surface area contributed by atoms with Gasteiger partial charge in [-0.1, -0.05) is 11.6 Å². The zero-order chi connectivity index (χ0) is 15.1. The average Bonchev–Trinajstić information content (AvgIpc) is 2.95. The fourth-order valence-corrected chi connectivity index (χ4v) is 2.97. The molecule has 3 heterocycles. The highest BCUT2D eigenvalue weighted by Crippen LogP contribution is 2.33. The summed E-state index contributed by atoms with van der Waals surface area (Å²) in [5.41, 5.74) is 1.05. The standard InChI is InChI=1S/C10H8ClN7O2S/c1-16-3-12-7-5(16)6(11)14-10(15-7)21-9-8(18(19)20)13-4-17(9)2/h3-4H,1-2H3. The van der Waals surface area contributed by atoms with Crippen LogP contribution >= 0.6 is 23.4 Å². The lowest BCUT2D eigenvalue weighted by Gasteiger charge is -2.02. The van der Waals surface area contributed by atoms with Crippen LogP contribution in [0.4, 0.5) is 5.82 Å². The van der Waals surface area contributed by atoms with Crippen LogP contribution in [-0.4, -0.2) is 34.0 Å². The minimum atomic E-state index is -0.552. The van der Waals surface area contributed by atoms with Gasteiger partial charge in [-0.3, -0.25) is 0 Å². The summed E-state index contributed by atoms with van der Waals surface area (Å²) in [5, 5.41) is 11.8. The van der Waals surface area contributed by atoms with Crippen molar-refractivity contribution >= 4 is 40.3 Å². The van der Waals surface area contributed by atoms with E-state index in [1.807, 2.05) is 0 Å². The van der Waals surface area contributed by atoms with Gasteiger partial charge in [0.05, 0.1) is 6.33 Å². The second-order valence-electron chi connectivity index (χ2n) is 4.17. The number of halogens is 1.